The minimum atomic E-state index is -2.92. The molecule has 0 spiro atoms. The van der Waals surface area contributed by atoms with Crippen molar-refractivity contribution in [1.82, 2.24) is 5.32 Å². The lowest BCUT2D eigenvalue weighted by atomic mass is 10.4. The van der Waals surface area contributed by atoms with Gasteiger partial charge < -0.3 is 43.9 Å². The number of rotatable bonds is 24. The Labute approximate surface area is 250 Å². The van der Waals surface area contributed by atoms with Crippen LogP contribution in [0, 0.1) is 0 Å². The zero-order valence-electron chi connectivity index (χ0n) is 26.9. The fourth-order valence-corrected chi connectivity index (χ4v) is 30.0. The minimum absolute atomic E-state index is 0.656. The minimum Gasteiger partial charge on any atom is -0.436 e. The molecule has 1 N–H and O–H groups in total. The molecule has 0 aliphatic heterocycles. The van der Waals surface area contributed by atoms with Crippen LogP contribution >= 0.6 is 11.6 Å². The molecular formula is C22H58ClNO9Si6. The number of hydrogen-bond donors (Lipinski definition) is 1. The van der Waals surface area contributed by atoms with Gasteiger partial charge in [-0.3, -0.25) is 0 Å². The average Bonchev–Trinajstić information content (AvgIpc) is 2.81. The molecule has 0 aromatic rings. The molecular weight excluding hydrogens is 626 g/mol. The van der Waals surface area contributed by atoms with E-state index in [2.05, 4.69) is 44.6 Å². The van der Waals surface area contributed by atoms with E-state index in [0.29, 0.717) is 11.9 Å². The Morgan fingerprint density at radius 2 is 0.872 bits per heavy atom. The van der Waals surface area contributed by atoms with E-state index in [1.54, 1.807) is 35.5 Å². The van der Waals surface area contributed by atoms with Crippen LogP contribution in [-0.4, -0.2) is 106 Å². The molecule has 0 heterocycles. The largest absolute Gasteiger partial charge is 0.500 e. The molecule has 0 aromatic heterocycles. The van der Waals surface area contributed by atoms with Gasteiger partial charge in [-0.1, -0.05) is 0 Å². The Bertz CT molecular complexity index is 664. The van der Waals surface area contributed by atoms with Crippen LogP contribution in [0.25, 0.3) is 0 Å². The summed E-state index contributed by atoms with van der Waals surface area (Å²) in [7, 11) is -6.72. The van der Waals surface area contributed by atoms with E-state index >= 15 is 0 Å². The van der Waals surface area contributed by atoms with Gasteiger partial charge in [-0.2, -0.15) is 0 Å². The second-order valence-corrected chi connectivity index (χ2v) is 33.3. The molecule has 0 rings (SSSR count). The van der Waals surface area contributed by atoms with E-state index in [9.17, 15) is 0 Å². The normalized spacial score (nSPS) is 14.3. The van der Waals surface area contributed by atoms with Gasteiger partial charge in [-0.15, -0.1) is 11.6 Å². The fourth-order valence-electron chi connectivity index (χ4n) is 4.79. The van der Waals surface area contributed by atoms with Crippen molar-refractivity contribution in [1.29, 1.82) is 0 Å². The lowest BCUT2D eigenvalue weighted by Crippen LogP contribution is -2.60. The van der Waals surface area contributed by atoms with E-state index in [4.69, 9.17) is 50.2 Å². The summed E-state index contributed by atoms with van der Waals surface area (Å²) >= 11 is 5.92. The summed E-state index contributed by atoms with van der Waals surface area (Å²) in [5, 5.41) is 3.47. The maximum atomic E-state index is 6.65. The standard InChI is InChI=1S/C22H58ClNO9Si6/c1-25-38(26-2,27-3)21-15-18-24-19-16-22-39(28-4,29-5)33-37(12,13)32-36(10,11)31-35(8,9)30-34(6,7)20-14-17-23/h24H,14-22H2,1-13H3. The summed E-state index contributed by atoms with van der Waals surface area (Å²) in [5.41, 5.74) is 0. The molecule has 0 aliphatic carbocycles. The molecule has 0 saturated heterocycles. The van der Waals surface area contributed by atoms with Crippen molar-refractivity contribution in [3.8, 4) is 0 Å². The SMILES string of the molecule is CO[Si](CCCNCCC[Si](OC)(OC)O[Si](C)(C)O[Si](C)(C)O[Si](C)(C)O[Si](C)(C)CCCCl)(OC)OC. The average molecular weight is 685 g/mol. The van der Waals surface area contributed by atoms with E-state index in [0.717, 1.165) is 44.4 Å². The van der Waals surface area contributed by atoms with Gasteiger partial charge in [0.05, 0.1) is 0 Å². The Morgan fingerprint density at radius 1 is 0.487 bits per heavy atom. The molecule has 236 valence electrons. The summed E-state index contributed by atoms with van der Waals surface area (Å²) in [4.78, 5) is 0. The number of hydrogen-bond acceptors (Lipinski definition) is 10. The maximum absolute atomic E-state index is 6.65. The molecule has 0 atom stereocenters. The molecule has 17 heteroatoms. The Morgan fingerprint density at radius 3 is 1.28 bits per heavy atom. The first-order valence-corrected chi connectivity index (χ1v) is 29.7. The molecule has 0 fully saturated rings. The second kappa shape index (κ2) is 18.1. The molecule has 0 bridgehead atoms. The van der Waals surface area contributed by atoms with Crippen molar-refractivity contribution in [2.24, 2.45) is 0 Å². The summed E-state index contributed by atoms with van der Waals surface area (Å²) in [5.74, 6) is 0.656. The monoisotopic (exact) mass is 683 g/mol. The van der Waals surface area contributed by atoms with Crippen molar-refractivity contribution < 1.29 is 38.6 Å². The molecule has 0 radical (unpaired) electrons. The number of halogens is 1. The fraction of sp³-hybridized carbons (Fsp3) is 1.00. The molecule has 39 heavy (non-hydrogen) atoms. The van der Waals surface area contributed by atoms with Crippen LogP contribution in [0.3, 0.4) is 0 Å². The van der Waals surface area contributed by atoms with Crippen LogP contribution in [-0.2, 0) is 38.6 Å². The van der Waals surface area contributed by atoms with Crippen molar-refractivity contribution in [2.45, 2.75) is 89.8 Å². The molecule has 0 unspecified atom stereocenters. The van der Waals surface area contributed by atoms with Gasteiger partial charge in [-0.05, 0) is 90.8 Å². The summed E-state index contributed by atoms with van der Waals surface area (Å²) < 4.78 is 54.7. The smallest absolute Gasteiger partial charge is 0.436 e. The highest BCUT2D eigenvalue weighted by molar-refractivity contribution is 6.89. The predicted molar refractivity (Wildman–Crippen MR) is 173 cm³/mol. The topological polar surface area (TPSA) is 95.1 Å². The molecule has 10 nitrogen and oxygen atoms in total. The second-order valence-electron chi connectivity index (χ2n) is 11.5. The zero-order valence-corrected chi connectivity index (χ0v) is 33.7. The van der Waals surface area contributed by atoms with Crippen LogP contribution in [0.5, 0.6) is 0 Å². The Kier molecular flexibility index (Phi) is 18.7. The van der Waals surface area contributed by atoms with Gasteiger partial charge in [0.2, 0.25) is 0 Å². The Hall–Kier alpha value is 1.19. The zero-order chi connectivity index (χ0) is 30.4. The van der Waals surface area contributed by atoms with E-state index in [1.807, 2.05) is 13.1 Å². The lowest BCUT2D eigenvalue weighted by Gasteiger charge is -2.42. The highest BCUT2D eigenvalue weighted by Gasteiger charge is 2.49. The van der Waals surface area contributed by atoms with Crippen molar-refractivity contribution in [3.05, 3.63) is 0 Å². The highest BCUT2D eigenvalue weighted by Crippen LogP contribution is 2.29. The van der Waals surface area contributed by atoms with Gasteiger partial charge in [0.1, 0.15) is 0 Å². The van der Waals surface area contributed by atoms with E-state index in [1.165, 1.54) is 0 Å². The van der Waals surface area contributed by atoms with Crippen LogP contribution in [0.4, 0.5) is 0 Å². The van der Waals surface area contributed by atoms with Gasteiger partial charge in [0.25, 0.3) is 0 Å². The van der Waals surface area contributed by atoms with Crippen molar-refractivity contribution in [3.63, 3.8) is 0 Å². The van der Waals surface area contributed by atoms with Crippen LogP contribution in [0.1, 0.15) is 19.3 Å². The van der Waals surface area contributed by atoms with Crippen LogP contribution < -0.4 is 5.32 Å². The first-order chi connectivity index (χ1) is 17.9. The van der Waals surface area contributed by atoms with E-state index < -0.39 is 51.6 Å². The molecule has 0 saturated carbocycles. The van der Waals surface area contributed by atoms with Gasteiger partial charge in [0.15, 0.2) is 8.32 Å². The maximum Gasteiger partial charge on any atom is 0.500 e. The third kappa shape index (κ3) is 16.6. The lowest BCUT2D eigenvalue weighted by molar-refractivity contribution is 0.123. The third-order valence-corrected chi connectivity index (χ3v) is 28.2. The Balaban J connectivity index is 4.95. The predicted octanol–water partition coefficient (Wildman–Crippen LogP) is 5.47. The van der Waals surface area contributed by atoms with Gasteiger partial charge in [-0.25, -0.2) is 0 Å². The van der Waals surface area contributed by atoms with Gasteiger partial charge in [0, 0.05) is 53.5 Å². The van der Waals surface area contributed by atoms with Crippen molar-refractivity contribution >= 4 is 63.2 Å². The number of alkyl halides is 1. The van der Waals surface area contributed by atoms with Crippen LogP contribution in [0.15, 0.2) is 0 Å². The summed E-state index contributed by atoms with van der Waals surface area (Å²) in [6.45, 7) is 18.5. The van der Waals surface area contributed by atoms with Gasteiger partial charge >= 0.3 is 43.3 Å². The molecule has 0 amide bonds. The molecule has 0 aromatic carbocycles. The summed E-state index contributed by atoms with van der Waals surface area (Å²) in [6, 6.07) is 2.47. The summed E-state index contributed by atoms with van der Waals surface area (Å²) in [6.07, 6.45) is 2.72. The van der Waals surface area contributed by atoms with Crippen molar-refractivity contribution in [2.75, 3.05) is 54.5 Å². The first-order valence-electron chi connectivity index (χ1n) is 13.7. The quantitative estimate of drug-likeness (QED) is 0.0802. The number of nitrogens with one attached hydrogen (secondary N) is 1. The van der Waals surface area contributed by atoms with E-state index in [-0.39, 0.29) is 0 Å². The first kappa shape index (κ1) is 40.2. The van der Waals surface area contributed by atoms with Crippen LogP contribution in [0.2, 0.25) is 70.5 Å². The third-order valence-electron chi connectivity index (χ3n) is 6.05. The highest BCUT2D eigenvalue weighted by atomic mass is 35.5. The molecule has 0 aliphatic rings.